The van der Waals surface area contributed by atoms with Crippen molar-refractivity contribution in [2.45, 2.75) is 88.3 Å². The predicted octanol–water partition coefficient (Wildman–Crippen LogP) is 7.84. The minimum absolute atomic E-state index is 0. The first-order chi connectivity index (χ1) is 11.6. The van der Waals surface area contributed by atoms with Gasteiger partial charge in [0.25, 0.3) is 0 Å². The van der Waals surface area contributed by atoms with Gasteiger partial charge in [0.2, 0.25) is 0 Å². The van der Waals surface area contributed by atoms with E-state index in [-0.39, 0.29) is 35.7 Å². The van der Waals surface area contributed by atoms with Crippen LogP contribution < -0.4 is 0 Å². The molecule has 0 aliphatic heterocycles. The molecule has 2 rings (SSSR count). The summed E-state index contributed by atoms with van der Waals surface area (Å²) in [6.07, 6.45) is 0. The first-order valence-electron chi connectivity index (χ1n) is 9.26. The number of hydrogen-bond acceptors (Lipinski definition) is 2. The smallest absolute Gasteiger partial charge is 0.00805 e. The quantitative estimate of drug-likeness (QED) is 0.294. The van der Waals surface area contributed by atoms with E-state index in [2.05, 4.69) is 87.1 Å². The Morgan fingerprint density at radius 3 is 1.22 bits per heavy atom. The van der Waals surface area contributed by atoms with Crippen molar-refractivity contribution in [3.05, 3.63) is 59.2 Å². The SMILES string of the molecule is CC(C)(C)c1cc(C(C)(C)C)c(C(C)(C)C)cc1S.Sc1ccccc1.[Zn]. The van der Waals surface area contributed by atoms with Gasteiger partial charge in [-0.05, 0) is 51.1 Å². The number of hydrogen-bond donors (Lipinski definition) is 2. The molecular formula is C24H36S2Zn. The number of benzene rings is 2. The minimum atomic E-state index is 0. The molecule has 0 unspecified atom stereocenters. The Kier molecular flexibility index (Phi) is 9.90. The molecule has 0 saturated carbocycles. The van der Waals surface area contributed by atoms with Gasteiger partial charge in [-0.1, -0.05) is 86.6 Å². The number of rotatable bonds is 0. The van der Waals surface area contributed by atoms with Gasteiger partial charge in [0.1, 0.15) is 0 Å². The summed E-state index contributed by atoms with van der Waals surface area (Å²) in [7, 11) is 0. The maximum absolute atomic E-state index is 4.74. The van der Waals surface area contributed by atoms with Crippen molar-refractivity contribution in [1.29, 1.82) is 0 Å². The maximum atomic E-state index is 4.74. The second kappa shape index (κ2) is 9.99. The molecule has 0 aromatic heterocycles. The molecule has 0 heterocycles. The molecule has 0 bridgehead atoms. The summed E-state index contributed by atoms with van der Waals surface area (Å²) < 4.78 is 0. The van der Waals surface area contributed by atoms with Gasteiger partial charge in [-0.2, -0.15) is 0 Å². The van der Waals surface area contributed by atoms with Gasteiger partial charge in [-0.25, -0.2) is 0 Å². The van der Waals surface area contributed by atoms with Crippen LogP contribution in [0.5, 0.6) is 0 Å². The summed E-state index contributed by atoms with van der Waals surface area (Å²) in [5.41, 5.74) is 4.64. The average molecular weight is 454 g/mol. The molecule has 0 aliphatic rings. The van der Waals surface area contributed by atoms with Crippen LogP contribution in [0.15, 0.2) is 52.3 Å². The fourth-order valence-corrected chi connectivity index (χ4v) is 3.56. The third-order valence-corrected chi connectivity index (χ3v) is 4.98. The van der Waals surface area contributed by atoms with Gasteiger partial charge in [0.15, 0.2) is 0 Å². The molecule has 0 aliphatic carbocycles. The van der Waals surface area contributed by atoms with Gasteiger partial charge in [0.05, 0.1) is 0 Å². The molecule has 3 heteroatoms. The molecule has 0 atom stereocenters. The second-order valence-corrected chi connectivity index (χ2v) is 11.0. The maximum Gasteiger partial charge on any atom is 0.00805 e. The molecule has 146 valence electrons. The fraction of sp³-hybridized carbons (Fsp3) is 0.500. The van der Waals surface area contributed by atoms with E-state index in [1.54, 1.807) is 0 Å². The van der Waals surface area contributed by atoms with Crippen LogP contribution in [0.4, 0.5) is 0 Å². The molecule has 0 spiro atoms. The molecule has 0 fully saturated rings. The summed E-state index contributed by atoms with van der Waals surface area (Å²) in [4.78, 5) is 2.13. The van der Waals surface area contributed by atoms with Gasteiger partial charge >= 0.3 is 0 Å². The average Bonchev–Trinajstić information content (AvgIpc) is 2.45. The third-order valence-electron chi connectivity index (χ3n) is 4.32. The summed E-state index contributed by atoms with van der Waals surface area (Å²) >= 11 is 8.82. The molecule has 27 heavy (non-hydrogen) atoms. The first-order valence-corrected chi connectivity index (χ1v) is 10.2. The van der Waals surface area contributed by atoms with Crippen molar-refractivity contribution in [2.24, 2.45) is 0 Å². The van der Waals surface area contributed by atoms with Crippen LogP contribution in [0.2, 0.25) is 0 Å². The Hall–Kier alpha value is -0.237. The summed E-state index contributed by atoms with van der Waals surface area (Å²) in [5, 5.41) is 0. The molecule has 0 amide bonds. The van der Waals surface area contributed by atoms with Gasteiger partial charge in [-0.15, -0.1) is 25.3 Å². The zero-order valence-electron chi connectivity index (χ0n) is 18.6. The molecule has 2 aromatic carbocycles. The standard InChI is InChI=1S/C18H30S.C6H6S.Zn/c1-16(2,3)12-10-14(18(7,8)9)15(19)11-13(12)17(4,5)6;7-6-4-2-1-3-5-6;/h10-11,19H,1-9H3;1-5,7H;. The number of thiol groups is 2. The predicted molar refractivity (Wildman–Crippen MR) is 123 cm³/mol. The zero-order chi connectivity index (χ0) is 20.3. The van der Waals surface area contributed by atoms with Gasteiger partial charge in [0, 0.05) is 29.3 Å². The molecule has 0 saturated heterocycles. The normalized spacial score (nSPS) is 12.0. The van der Waals surface area contributed by atoms with Crippen LogP contribution in [0.1, 0.15) is 79.0 Å². The van der Waals surface area contributed by atoms with E-state index in [9.17, 15) is 0 Å². The van der Waals surface area contributed by atoms with Gasteiger partial charge < -0.3 is 0 Å². The Morgan fingerprint density at radius 1 is 0.556 bits per heavy atom. The van der Waals surface area contributed by atoms with Crippen LogP contribution in [0.25, 0.3) is 0 Å². The van der Waals surface area contributed by atoms with Crippen molar-refractivity contribution < 1.29 is 19.5 Å². The van der Waals surface area contributed by atoms with Crippen molar-refractivity contribution in [1.82, 2.24) is 0 Å². The van der Waals surface area contributed by atoms with E-state index in [0.29, 0.717) is 0 Å². The minimum Gasteiger partial charge on any atom is -0.143 e. The second-order valence-electron chi connectivity index (χ2n) is 10.0. The van der Waals surface area contributed by atoms with Crippen LogP contribution in [-0.4, -0.2) is 0 Å². The molecule has 0 N–H and O–H groups in total. The van der Waals surface area contributed by atoms with E-state index >= 15 is 0 Å². The summed E-state index contributed by atoms with van der Waals surface area (Å²) in [6.45, 7) is 20.5. The third kappa shape index (κ3) is 8.34. The van der Waals surface area contributed by atoms with E-state index in [4.69, 9.17) is 12.6 Å². The Balaban J connectivity index is 0.000000708. The van der Waals surface area contributed by atoms with E-state index in [1.807, 2.05) is 30.3 Å². The van der Waals surface area contributed by atoms with Crippen molar-refractivity contribution in [3.8, 4) is 0 Å². The Bertz CT molecular complexity index is 715. The molecule has 0 nitrogen and oxygen atoms in total. The fourth-order valence-electron chi connectivity index (χ4n) is 2.86. The Morgan fingerprint density at radius 2 is 0.926 bits per heavy atom. The zero-order valence-corrected chi connectivity index (χ0v) is 23.4. The van der Waals surface area contributed by atoms with Crippen LogP contribution >= 0.6 is 25.3 Å². The summed E-state index contributed by atoms with van der Waals surface area (Å²) in [6, 6.07) is 14.4. The van der Waals surface area contributed by atoms with Crippen LogP contribution in [0.3, 0.4) is 0 Å². The van der Waals surface area contributed by atoms with E-state index < -0.39 is 0 Å². The molecule has 2 aromatic rings. The van der Waals surface area contributed by atoms with Crippen LogP contribution in [-0.2, 0) is 35.7 Å². The van der Waals surface area contributed by atoms with Crippen molar-refractivity contribution in [3.63, 3.8) is 0 Å². The van der Waals surface area contributed by atoms with E-state index in [1.165, 1.54) is 16.7 Å². The van der Waals surface area contributed by atoms with Crippen LogP contribution in [0, 0.1) is 0 Å². The molecular weight excluding hydrogens is 418 g/mol. The first kappa shape index (κ1) is 26.8. The topological polar surface area (TPSA) is 0 Å². The van der Waals surface area contributed by atoms with Crippen molar-refractivity contribution >= 4 is 25.3 Å². The monoisotopic (exact) mass is 452 g/mol. The van der Waals surface area contributed by atoms with E-state index in [0.717, 1.165) is 9.79 Å². The largest absolute Gasteiger partial charge is 0.143 e. The summed E-state index contributed by atoms with van der Waals surface area (Å²) in [5.74, 6) is 0. The molecule has 0 radical (unpaired) electrons. The van der Waals surface area contributed by atoms with Gasteiger partial charge in [-0.3, -0.25) is 0 Å². The van der Waals surface area contributed by atoms with Crippen molar-refractivity contribution in [2.75, 3.05) is 0 Å². The Labute approximate surface area is 191 Å².